The fourth-order valence-electron chi connectivity index (χ4n) is 1.44. The minimum atomic E-state index is -2.79. The summed E-state index contributed by atoms with van der Waals surface area (Å²) in [6.45, 7) is 6.03. The van der Waals surface area contributed by atoms with Crippen LogP contribution in [0.4, 0.5) is 0 Å². The number of rotatable bonds is 6. The van der Waals surface area contributed by atoms with E-state index in [1.165, 1.54) is 0 Å². The van der Waals surface area contributed by atoms with Gasteiger partial charge in [0.25, 0.3) is 0 Å². The van der Waals surface area contributed by atoms with Crippen LogP contribution in [-0.2, 0) is 9.09 Å². The Morgan fingerprint density at radius 1 is 1.33 bits per heavy atom. The molecule has 0 fully saturated rings. The van der Waals surface area contributed by atoms with Crippen LogP contribution in [0, 0.1) is 0 Å². The zero-order chi connectivity index (χ0) is 9.61. The molecule has 74 valence electrons. The van der Waals surface area contributed by atoms with E-state index in [0.717, 1.165) is 25.7 Å². The smallest absolute Gasteiger partial charge is 0.317 e. The second kappa shape index (κ2) is 5.74. The van der Waals surface area contributed by atoms with Gasteiger partial charge in [0.05, 0.1) is 5.60 Å². The molecule has 0 aliphatic carbocycles. The van der Waals surface area contributed by atoms with Crippen molar-refractivity contribution in [2.24, 2.45) is 0 Å². The Kier molecular flexibility index (Phi) is 5.81. The summed E-state index contributed by atoms with van der Waals surface area (Å²) in [6.07, 6.45) is 3.44. The van der Waals surface area contributed by atoms with E-state index in [2.05, 4.69) is 6.92 Å². The van der Waals surface area contributed by atoms with E-state index in [1.54, 1.807) is 0 Å². The highest BCUT2D eigenvalue weighted by molar-refractivity contribution is 7.32. The molecule has 0 saturated heterocycles. The van der Waals surface area contributed by atoms with Crippen molar-refractivity contribution in [3.63, 3.8) is 0 Å². The fourth-order valence-corrected chi connectivity index (χ4v) is 2.20. The second-order valence-corrected chi connectivity index (χ2v) is 3.74. The maximum atomic E-state index is 10.6. The molecule has 0 aromatic heterocycles. The van der Waals surface area contributed by atoms with Crippen molar-refractivity contribution in [3.05, 3.63) is 0 Å². The molecule has 0 aliphatic rings. The highest BCUT2D eigenvalue weighted by Gasteiger charge is 2.27. The van der Waals surface area contributed by atoms with Crippen LogP contribution in [0.15, 0.2) is 0 Å². The molecule has 0 aliphatic heterocycles. The Morgan fingerprint density at radius 2 is 1.83 bits per heavy atom. The molecule has 0 aromatic rings. The van der Waals surface area contributed by atoms with Crippen molar-refractivity contribution < 1.29 is 14.0 Å². The molecule has 1 N–H and O–H groups in total. The molecule has 0 bridgehead atoms. The lowest BCUT2D eigenvalue weighted by atomic mass is 9.92. The Labute approximate surface area is 75.1 Å². The quantitative estimate of drug-likeness (QED) is 0.661. The second-order valence-electron chi connectivity index (χ2n) is 3.01. The van der Waals surface area contributed by atoms with Crippen molar-refractivity contribution in [1.29, 1.82) is 0 Å². The van der Waals surface area contributed by atoms with E-state index in [1.807, 2.05) is 13.8 Å². The summed E-state index contributed by atoms with van der Waals surface area (Å²) in [5.74, 6) is 0. The summed E-state index contributed by atoms with van der Waals surface area (Å²) in [5.41, 5.74) is -0.362. The first-order valence-corrected chi connectivity index (χ1v) is 5.78. The molecule has 12 heavy (non-hydrogen) atoms. The molecular formula is C8H19O3P. The molecule has 1 unspecified atom stereocenters. The largest absolute Gasteiger partial charge is 0.326 e. The van der Waals surface area contributed by atoms with Crippen LogP contribution in [-0.4, -0.2) is 10.5 Å². The monoisotopic (exact) mass is 194 g/mol. The van der Waals surface area contributed by atoms with Gasteiger partial charge in [0.15, 0.2) is 0 Å². The molecule has 0 spiro atoms. The SMILES string of the molecule is CCCC(CC)(CC)O[PH](=O)O. The Balaban J connectivity index is 4.23. The molecule has 4 heteroatoms. The van der Waals surface area contributed by atoms with Gasteiger partial charge in [-0.25, -0.2) is 0 Å². The van der Waals surface area contributed by atoms with E-state index >= 15 is 0 Å². The Bertz CT molecular complexity index is 143. The zero-order valence-electron chi connectivity index (χ0n) is 8.09. The summed E-state index contributed by atoms with van der Waals surface area (Å²) in [4.78, 5) is 8.70. The third-order valence-corrected chi connectivity index (χ3v) is 2.91. The molecular weight excluding hydrogens is 175 g/mol. The molecule has 0 amide bonds. The summed E-state index contributed by atoms with van der Waals surface area (Å²) >= 11 is 0. The molecule has 0 aromatic carbocycles. The number of hydrogen-bond donors (Lipinski definition) is 1. The molecule has 0 radical (unpaired) electrons. The molecule has 1 atom stereocenters. The third kappa shape index (κ3) is 3.70. The summed E-state index contributed by atoms with van der Waals surface area (Å²) in [7, 11) is -2.79. The Hall–Kier alpha value is 0.150. The minimum absolute atomic E-state index is 0.362. The predicted molar refractivity (Wildman–Crippen MR) is 50.5 cm³/mol. The van der Waals surface area contributed by atoms with Crippen LogP contribution in [0.1, 0.15) is 46.5 Å². The first-order chi connectivity index (χ1) is 5.60. The van der Waals surface area contributed by atoms with Gasteiger partial charge in [-0.3, -0.25) is 4.57 Å². The van der Waals surface area contributed by atoms with Crippen molar-refractivity contribution in [2.75, 3.05) is 0 Å². The van der Waals surface area contributed by atoms with E-state index in [-0.39, 0.29) is 5.60 Å². The number of hydrogen-bond acceptors (Lipinski definition) is 2. The van der Waals surface area contributed by atoms with E-state index in [0.29, 0.717) is 0 Å². The molecule has 0 saturated carbocycles. The average molecular weight is 194 g/mol. The first kappa shape index (κ1) is 12.2. The van der Waals surface area contributed by atoms with Gasteiger partial charge < -0.3 is 9.42 Å². The van der Waals surface area contributed by atoms with Crippen LogP contribution in [0.3, 0.4) is 0 Å². The average Bonchev–Trinajstić information content (AvgIpc) is 2.03. The van der Waals surface area contributed by atoms with Gasteiger partial charge in [-0.15, -0.1) is 0 Å². The minimum Gasteiger partial charge on any atom is -0.326 e. The van der Waals surface area contributed by atoms with Crippen LogP contribution in [0.5, 0.6) is 0 Å². The van der Waals surface area contributed by atoms with Crippen molar-refractivity contribution >= 4 is 8.25 Å². The summed E-state index contributed by atoms with van der Waals surface area (Å²) < 4.78 is 15.6. The van der Waals surface area contributed by atoms with Crippen molar-refractivity contribution in [3.8, 4) is 0 Å². The van der Waals surface area contributed by atoms with Gasteiger partial charge in [0.2, 0.25) is 0 Å². The topological polar surface area (TPSA) is 46.5 Å². The fraction of sp³-hybridized carbons (Fsp3) is 1.00. The standard InChI is InChI=1S/C8H19O3P/c1-4-7-8(5-2,6-3)11-12(9)10/h12H,4-7H2,1-3H3,(H,9,10). The lowest BCUT2D eigenvalue weighted by Crippen LogP contribution is -2.28. The lowest BCUT2D eigenvalue weighted by molar-refractivity contribution is 0.0471. The molecule has 3 nitrogen and oxygen atoms in total. The first-order valence-electron chi connectivity index (χ1n) is 4.52. The van der Waals surface area contributed by atoms with E-state index < -0.39 is 8.25 Å². The lowest BCUT2D eigenvalue weighted by Gasteiger charge is -2.29. The van der Waals surface area contributed by atoms with E-state index in [4.69, 9.17) is 9.42 Å². The summed E-state index contributed by atoms with van der Waals surface area (Å²) in [5, 5.41) is 0. The van der Waals surface area contributed by atoms with Crippen molar-refractivity contribution in [1.82, 2.24) is 0 Å². The van der Waals surface area contributed by atoms with Crippen molar-refractivity contribution in [2.45, 2.75) is 52.1 Å². The summed E-state index contributed by atoms with van der Waals surface area (Å²) in [6, 6.07) is 0. The normalized spacial score (nSPS) is 14.7. The maximum Gasteiger partial charge on any atom is 0.317 e. The van der Waals surface area contributed by atoms with Crippen LogP contribution in [0.2, 0.25) is 0 Å². The molecule has 0 rings (SSSR count). The van der Waals surface area contributed by atoms with Crippen LogP contribution in [0.25, 0.3) is 0 Å². The predicted octanol–water partition coefficient (Wildman–Crippen LogP) is 2.74. The highest BCUT2D eigenvalue weighted by Crippen LogP contribution is 2.34. The van der Waals surface area contributed by atoms with Gasteiger partial charge in [0.1, 0.15) is 0 Å². The molecule has 0 heterocycles. The van der Waals surface area contributed by atoms with Gasteiger partial charge in [0, 0.05) is 0 Å². The van der Waals surface area contributed by atoms with Gasteiger partial charge in [-0.05, 0) is 19.3 Å². The van der Waals surface area contributed by atoms with Crippen LogP contribution < -0.4 is 0 Å². The van der Waals surface area contributed by atoms with E-state index in [9.17, 15) is 4.57 Å². The maximum absolute atomic E-state index is 10.6. The van der Waals surface area contributed by atoms with Gasteiger partial charge >= 0.3 is 8.25 Å². The highest BCUT2D eigenvalue weighted by atomic mass is 31.1. The third-order valence-electron chi connectivity index (χ3n) is 2.30. The Morgan fingerprint density at radius 3 is 2.08 bits per heavy atom. The van der Waals surface area contributed by atoms with Gasteiger partial charge in [-0.1, -0.05) is 27.2 Å². The van der Waals surface area contributed by atoms with Crippen LogP contribution >= 0.6 is 8.25 Å². The van der Waals surface area contributed by atoms with Gasteiger partial charge in [-0.2, -0.15) is 0 Å². The zero-order valence-corrected chi connectivity index (χ0v) is 9.09.